The number of carbonyl (C=O) groups is 2. The summed E-state index contributed by atoms with van der Waals surface area (Å²) >= 11 is 5.63. The van der Waals surface area contributed by atoms with E-state index < -0.39 is 17.4 Å². The molecule has 1 atom stereocenters. The van der Waals surface area contributed by atoms with Crippen LogP contribution >= 0.6 is 11.6 Å². The van der Waals surface area contributed by atoms with Crippen LogP contribution in [-0.4, -0.2) is 28.3 Å². The van der Waals surface area contributed by atoms with E-state index in [9.17, 15) is 14.0 Å². The van der Waals surface area contributed by atoms with Crippen molar-refractivity contribution in [2.45, 2.75) is 38.9 Å². The van der Waals surface area contributed by atoms with Crippen molar-refractivity contribution < 1.29 is 14.0 Å². The Morgan fingerprint density at radius 1 is 1.40 bits per heavy atom. The standard InChI is InChI=1S/C14H16ClFN2O2/c1-8-12(19)17-14(2,3)13(20)18(8)7-9-4-5-10(15)11(16)6-9/h4-6,8H,7H2,1-3H3,(H,17,19). The quantitative estimate of drug-likeness (QED) is 0.909. The number of carbonyl (C=O) groups excluding carboxylic acids is 2. The molecule has 20 heavy (non-hydrogen) atoms. The summed E-state index contributed by atoms with van der Waals surface area (Å²) in [7, 11) is 0. The first-order valence-corrected chi connectivity index (χ1v) is 6.67. The average molecular weight is 299 g/mol. The van der Waals surface area contributed by atoms with Crippen LogP contribution in [0.2, 0.25) is 5.02 Å². The van der Waals surface area contributed by atoms with E-state index >= 15 is 0 Å². The highest BCUT2D eigenvalue weighted by Crippen LogP contribution is 2.22. The van der Waals surface area contributed by atoms with Crippen molar-refractivity contribution in [1.29, 1.82) is 0 Å². The van der Waals surface area contributed by atoms with Gasteiger partial charge in [-0.05, 0) is 38.5 Å². The summed E-state index contributed by atoms with van der Waals surface area (Å²) < 4.78 is 13.4. The first kappa shape index (κ1) is 14.8. The van der Waals surface area contributed by atoms with Crippen molar-refractivity contribution in [3.63, 3.8) is 0 Å². The highest BCUT2D eigenvalue weighted by Gasteiger charge is 2.43. The minimum atomic E-state index is -0.950. The monoisotopic (exact) mass is 298 g/mol. The summed E-state index contributed by atoms with van der Waals surface area (Å²) in [5.41, 5.74) is -0.355. The van der Waals surface area contributed by atoms with Gasteiger partial charge in [0.25, 0.3) is 0 Å². The second-order valence-corrected chi connectivity index (χ2v) is 5.88. The van der Waals surface area contributed by atoms with E-state index in [0.29, 0.717) is 5.56 Å². The summed E-state index contributed by atoms with van der Waals surface area (Å²) in [5.74, 6) is -0.950. The number of amides is 2. The third-order valence-electron chi connectivity index (χ3n) is 3.42. The highest BCUT2D eigenvalue weighted by atomic mass is 35.5. The molecule has 108 valence electrons. The number of hydrogen-bond donors (Lipinski definition) is 1. The molecular weight excluding hydrogens is 283 g/mol. The molecule has 0 aliphatic carbocycles. The van der Waals surface area contributed by atoms with E-state index in [0.717, 1.165) is 0 Å². The van der Waals surface area contributed by atoms with Crippen LogP contribution in [0.4, 0.5) is 4.39 Å². The molecule has 1 aromatic carbocycles. The van der Waals surface area contributed by atoms with Gasteiger partial charge in [-0.15, -0.1) is 0 Å². The molecule has 1 heterocycles. The minimum Gasteiger partial charge on any atom is -0.340 e. The zero-order valence-corrected chi connectivity index (χ0v) is 12.3. The van der Waals surface area contributed by atoms with Crippen LogP contribution in [0.15, 0.2) is 18.2 Å². The topological polar surface area (TPSA) is 49.4 Å². The Morgan fingerprint density at radius 2 is 2.05 bits per heavy atom. The maximum atomic E-state index is 13.4. The summed E-state index contributed by atoms with van der Waals surface area (Å²) in [4.78, 5) is 25.7. The second-order valence-electron chi connectivity index (χ2n) is 5.47. The van der Waals surface area contributed by atoms with E-state index in [1.165, 1.54) is 17.0 Å². The van der Waals surface area contributed by atoms with E-state index in [4.69, 9.17) is 11.6 Å². The first-order chi connectivity index (χ1) is 9.22. The molecule has 1 aromatic rings. The molecule has 0 aromatic heterocycles. The van der Waals surface area contributed by atoms with Gasteiger partial charge in [-0.25, -0.2) is 4.39 Å². The fourth-order valence-corrected chi connectivity index (χ4v) is 2.30. The number of hydrogen-bond acceptors (Lipinski definition) is 2. The number of nitrogens with one attached hydrogen (secondary N) is 1. The van der Waals surface area contributed by atoms with E-state index in [-0.39, 0.29) is 23.4 Å². The van der Waals surface area contributed by atoms with Crippen molar-refractivity contribution in [2.75, 3.05) is 0 Å². The van der Waals surface area contributed by atoms with Crippen LogP contribution in [-0.2, 0) is 16.1 Å². The average Bonchev–Trinajstić information content (AvgIpc) is 2.36. The Labute approximate surface area is 121 Å². The van der Waals surface area contributed by atoms with E-state index in [1.807, 2.05) is 0 Å². The predicted molar refractivity (Wildman–Crippen MR) is 73.6 cm³/mol. The van der Waals surface area contributed by atoms with Gasteiger partial charge >= 0.3 is 0 Å². The van der Waals surface area contributed by atoms with Crippen molar-refractivity contribution >= 4 is 23.4 Å². The lowest BCUT2D eigenvalue weighted by atomic mass is 9.97. The largest absolute Gasteiger partial charge is 0.340 e. The molecular formula is C14H16ClFN2O2. The van der Waals surface area contributed by atoms with E-state index in [1.54, 1.807) is 26.8 Å². The first-order valence-electron chi connectivity index (χ1n) is 6.29. The highest BCUT2D eigenvalue weighted by molar-refractivity contribution is 6.30. The molecule has 0 radical (unpaired) electrons. The smallest absolute Gasteiger partial charge is 0.248 e. The zero-order chi connectivity index (χ0) is 15.1. The lowest BCUT2D eigenvalue weighted by Crippen LogP contribution is -2.66. The summed E-state index contributed by atoms with van der Waals surface area (Å²) in [5, 5.41) is 2.70. The molecule has 1 fully saturated rings. The number of nitrogens with zero attached hydrogens (tertiary/aromatic N) is 1. The minimum absolute atomic E-state index is 0.0323. The number of benzene rings is 1. The fourth-order valence-electron chi connectivity index (χ4n) is 2.19. The summed E-state index contributed by atoms with van der Waals surface area (Å²) in [6.45, 7) is 5.11. The molecule has 1 saturated heterocycles. The van der Waals surface area contributed by atoms with Crippen molar-refractivity contribution in [2.24, 2.45) is 0 Å². The fraction of sp³-hybridized carbons (Fsp3) is 0.429. The molecule has 0 spiro atoms. The van der Waals surface area contributed by atoms with Crippen molar-refractivity contribution in [3.8, 4) is 0 Å². The molecule has 0 bridgehead atoms. The van der Waals surface area contributed by atoms with E-state index in [2.05, 4.69) is 5.32 Å². The number of piperazine rings is 1. The van der Waals surface area contributed by atoms with Crippen LogP contribution in [0.5, 0.6) is 0 Å². The Kier molecular flexibility index (Phi) is 3.73. The van der Waals surface area contributed by atoms with Gasteiger partial charge in [0.15, 0.2) is 0 Å². The number of rotatable bonds is 2. The molecule has 1 N–H and O–H groups in total. The van der Waals surface area contributed by atoms with Crippen molar-refractivity contribution in [1.82, 2.24) is 10.2 Å². The normalized spacial score (nSPS) is 21.9. The maximum Gasteiger partial charge on any atom is 0.248 e. The predicted octanol–water partition coefficient (Wildman–Crippen LogP) is 2.10. The van der Waals surface area contributed by atoms with Gasteiger partial charge in [-0.3, -0.25) is 9.59 Å². The van der Waals surface area contributed by atoms with Crippen LogP contribution in [0.3, 0.4) is 0 Å². The third-order valence-corrected chi connectivity index (χ3v) is 3.72. The van der Waals surface area contributed by atoms with Gasteiger partial charge < -0.3 is 10.2 Å². The van der Waals surface area contributed by atoms with Gasteiger partial charge in [0.1, 0.15) is 17.4 Å². The van der Waals surface area contributed by atoms with Gasteiger partial charge in [0.05, 0.1) is 5.02 Å². The molecule has 0 saturated carbocycles. The molecule has 2 amide bonds. The summed E-state index contributed by atoms with van der Waals surface area (Å²) in [6.07, 6.45) is 0. The Balaban J connectivity index is 2.27. The van der Waals surface area contributed by atoms with Crippen LogP contribution < -0.4 is 5.32 Å². The molecule has 1 aliphatic heterocycles. The third kappa shape index (κ3) is 2.63. The Bertz CT molecular complexity index is 574. The van der Waals surface area contributed by atoms with Gasteiger partial charge in [-0.2, -0.15) is 0 Å². The van der Waals surface area contributed by atoms with Crippen LogP contribution in [0, 0.1) is 5.82 Å². The zero-order valence-electron chi connectivity index (χ0n) is 11.5. The maximum absolute atomic E-state index is 13.4. The molecule has 6 heteroatoms. The molecule has 1 aliphatic rings. The number of halogens is 2. The lowest BCUT2D eigenvalue weighted by Gasteiger charge is -2.41. The Hall–Kier alpha value is -1.62. The molecule has 4 nitrogen and oxygen atoms in total. The SMILES string of the molecule is CC1C(=O)NC(C)(C)C(=O)N1Cc1ccc(Cl)c(F)c1. The van der Waals surface area contributed by atoms with Crippen molar-refractivity contribution in [3.05, 3.63) is 34.6 Å². The molecule has 1 unspecified atom stereocenters. The Morgan fingerprint density at radius 3 is 2.65 bits per heavy atom. The molecule has 2 rings (SSSR count). The van der Waals surface area contributed by atoms with Gasteiger partial charge in [0.2, 0.25) is 11.8 Å². The lowest BCUT2D eigenvalue weighted by molar-refractivity contribution is -0.153. The summed E-state index contributed by atoms with van der Waals surface area (Å²) in [6, 6.07) is 3.78. The second kappa shape index (κ2) is 5.05. The van der Waals surface area contributed by atoms with Gasteiger partial charge in [-0.1, -0.05) is 17.7 Å². The van der Waals surface area contributed by atoms with Crippen LogP contribution in [0.25, 0.3) is 0 Å². The van der Waals surface area contributed by atoms with Gasteiger partial charge in [0, 0.05) is 6.54 Å². The van der Waals surface area contributed by atoms with Crippen LogP contribution in [0.1, 0.15) is 26.3 Å².